The Kier molecular flexibility index (Phi) is 4.38. The maximum absolute atomic E-state index is 14.9. The number of nitrogens with zero attached hydrogens (tertiary/aromatic N) is 4. The van der Waals surface area contributed by atoms with Crippen LogP contribution in [0.4, 0.5) is 5.69 Å². The van der Waals surface area contributed by atoms with Crippen molar-refractivity contribution in [2.75, 3.05) is 24.9 Å². The summed E-state index contributed by atoms with van der Waals surface area (Å²) in [5.41, 5.74) is 1.94. The van der Waals surface area contributed by atoms with Gasteiger partial charge in [0.25, 0.3) is 7.44 Å². The summed E-state index contributed by atoms with van der Waals surface area (Å²) in [5, 5.41) is 5.64. The molecule has 4 aliphatic rings. The van der Waals surface area contributed by atoms with E-state index in [1.165, 1.54) is 5.70 Å². The minimum atomic E-state index is -3.05. The SMILES string of the molecule is CN1/C(=C2/C=NN(c3ccccc3)[P@]2(=O)N2CCCC2)C(C)(C)[C@@H]2C=CC=C[C@@H]21. The van der Waals surface area contributed by atoms with E-state index >= 15 is 0 Å². The van der Waals surface area contributed by atoms with Gasteiger partial charge in [-0.25, -0.2) is 4.67 Å². The molecule has 0 spiro atoms. The van der Waals surface area contributed by atoms with E-state index in [1.54, 1.807) is 4.78 Å². The third-order valence-corrected chi connectivity index (χ3v) is 9.87. The minimum absolute atomic E-state index is 0.121. The molecule has 0 radical (unpaired) electrons. The molecule has 5 rings (SSSR count). The lowest BCUT2D eigenvalue weighted by Crippen LogP contribution is -2.29. The summed E-state index contributed by atoms with van der Waals surface area (Å²) in [7, 11) is -0.901. The van der Waals surface area contributed by atoms with Crippen LogP contribution in [-0.2, 0) is 4.57 Å². The molecule has 0 amide bonds. The summed E-state index contributed by atoms with van der Waals surface area (Å²) in [6.07, 6.45) is 12.9. The number of allylic oxidation sites excluding steroid dienone is 4. The first kappa shape index (κ1) is 18.9. The number of hydrogen-bond donors (Lipinski definition) is 0. The molecule has 0 N–H and O–H groups in total. The summed E-state index contributed by atoms with van der Waals surface area (Å²) >= 11 is 0. The van der Waals surface area contributed by atoms with E-state index in [-0.39, 0.29) is 5.41 Å². The molecule has 1 aliphatic carbocycles. The fraction of sp³-hybridized carbons (Fsp3) is 0.435. The van der Waals surface area contributed by atoms with Crippen LogP contribution >= 0.6 is 7.44 Å². The second-order valence-electron chi connectivity index (χ2n) is 8.93. The van der Waals surface area contributed by atoms with Gasteiger partial charge in [0, 0.05) is 37.2 Å². The third-order valence-electron chi connectivity index (χ3n) is 6.90. The van der Waals surface area contributed by atoms with Crippen molar-refractivity contribution in [3.05, 3.63) is 65.6 Å². The largest absolute Gasteiger partial charge is 0.370 e. The molecule has 1 aromatic rings. The average molecular weight is 408 g/mol. The molecule has 5 nitrogen and oxygen atoms in total. The fourth-order valence-electron chi connectivity index (χ4n) is 5.49. The van der Waals surface area contributed by atoms with Crippen LogP contribution in [0.15, 0.2) is 70.7 Å². The van der Waals surface area contributed by atoms with Crippen LogP contribution in [-0.4, -0.2) is 42.0 Å². The molecule has 6 heteroatoms. The number of anilines is 1. The van der Waals surface area contributed by atoms with Gasteiger partial charge < -0.3 is 4.90 Å². The average Bonchev–Trinajstić information content (AvgIpc) is 3.42. The highest BCUT2D eigenvalue weighted by Crippen LogP contribution is 2.68. The molecule has 3 aliphatic heterocycles. The van der Waals surface area contributed by atoms with Crippen LogP contribution in [0, 0.1) is 11.3 Å². The Morgan fingerprint density at radius 1 is 1.07 bits per heavy atom. The summed E-state index contributed by atoms with van der Waals surface area (Å²) in [6, 6.07) is 10.3. The van der Waals surface area contributed by atoms with Gasteiger partial charge in [0.1, 0.15) is 0 Å². The van der Waals surface area contributed by atoms with Gasteiger partial charge >= 0.3 is 0 Å². The minimum Gasteiger partial charge on any atom is -0.370 e. The molecule has 152 valence electrons. The van der Waals surface area contributed by atoms with E-state index in [9.17, 15) is 4.57 Å². The van der Waals surface area contributed by atoms with Crippen molar-refractivity contribution >= 4 is 19.3 Å². The van der Waals surface area contributed by atoms with Crippen molar-refractivity contribution in [1.29, 1.82) is 0 Å². The molecular weight excluding hydrogens is 379 g/mol. The summed E-state index contributed by atoms with van der Waals surface area (Å²) in [4.78, 5) is 2.34. The zero-order valence-electron chi connectivity index (χ0n) is 17.4. The van der Waals surface area contributed by atoms with E-state index < -0.39 is 7.44 Å². The van der Waals surface area contributed by atoms with Gasteiger partial charge in [0.15, 0.2) is 0 Å². The van der Waals surface area contributed by atoms with Gasteiger partial charge in [-0.1, -0.05) is 56.4 Å². The molecule has 0 aromatic heterocycles. The van der Waals surface area contributed by atoms with Crippen LogP contribution in [0.1, 0.15) is 26.7 Å². The molecule has 0 unspecified atom stereocenters. The lowest BCUT2D eigenvalue weighted by Gasteiger charge is -2.35. The summed E-state index contributed by atoms with van der Waals surface area (Å²) in [6.45, 7) is 6.29. The Morgan fingerprint density at radius 3 is 2.45 bits per heavy atom. The highest BCUT2D eigenvalue weighted by atomic mass is 31.2. The van der Waals surface area contributed by atoms with Crippen molar-refractivity contribution < 1.29 is 4.57 Å². The molecular formula is C23H29N4OP. The monoisotopic (exact) mass is 408 g/mol. The van der Waals surface area contributed by atoms with Crippen molar-refractivity contribution in [1.82, 2.24) is 9.57 Å². The molecule has 0 bridgehead atoms. The van der Waals surface area contributed by atoms with Gasteiger partial charge in [0.2, 0.25) is 0 Å². The predicted molar refractivity (Wildman–Crippen MR) is 120 cm³/mol. The second kappa shape index (κ2) is 6.72. The highest BCUT2D eigenvalue weighted by molar-refractivity contribution is 7.69. The van der Waals surface area contributed by atoms with Gasteiger partial charge in [0.05, 0.1) is 23.3 Å². The van der Waals surface area contributed by atoms with Crippen molar-refractivity contribution in [2.24, 2.45) is 16.4 Å². The summed E-state index contributed by atoms with van der Waals surface area (Å²) < 4.78 is 18.9. The van der Waals surface area contributed by atoms with Gasteiger partial charge in [-0.15, -0.1) is 0 Å². The number of hydrogen-bond acceptors (Lipinski definition) is 3. The molecule has 2 fully saturated rings. The van der Waals surface area contributed by atoms with E-state index in [0.29, 0.717) is 12.0 Å². The third kappa shape index (κ3) is 2.64. The smallest absolute Gasteiger partial charge is 0.292 e. The topological polar surface area (TPSA) is 39.1 Å². The van der Waals surface area contributed by atoms with Crippen LogP contribution < -0.4 is 4.78 Å². The molecule has 29 heavy (non-hydrogen) atoms. The lowest BCUT2D eigenvalue weighted by molar-refractivity contribution is 0.344. The molecule has 0 saturated carbocycles. The van der Waals surface area contributed by atoms with Crippen molar-refractivity contribution in [2.45, 2.75) is 32.7 Å². The second-order valence-corrected chi connectivity index (χ2v) is 11.4. The van der Waals surface area contributed by atoms with Crippen LogP contribution in [0.5, 0.6) is 0 Å². The number of rotatable bonds is 2. The van der Waals surface area contributed by atoms with Gasteiger partial charge in [-0.2, -0.15) is 9.88 Å². The van der Waals surface area contributed by atoms with Crippen LogP contribution in [0.25, 0.3) is 0 Å². The number of likely N-dealkylation sites (N-methyl/N-ethyl adjacent to an activating group) is 1. The number of likely N-dealkylation sites (tertiary alicyclic amines) is 1. The highest BCUT2D eigenvalue weighted by Gasteiger charge is 2.54. The number of benzene rings is 1. The zero-order chi connectivity index (χ0) is 20.2. The van der Waals surface area contributed by atoms with E-state index in [0.717, 1.165) is 36.9 Å². The van der Waals surface area contributed by atoms with Gasteiger partial charge in [-0.05, 0) is 25.0 Å². The summed E-state index contributed by atoms with van der Waals surface area (Å²) in [5.74, 6) is 0.367. The van der Waals surface area contributed by atoms with E-state index in [1.807, 2.05) is 36.5 Å². The standard InChI is InChI=1S/C23H29N4OP/c1-23(2)19-13-7-8-14-20(19)25(3)22(23)21-17-24-27(18-11-5-4-6-12-18)29(21,28)26-15-9-10-16-26/h4-8,11-14,17,19-20H,9-10,15-16H2,1-3H3/b22-21-/t19-,20+,29-/m1/s1. The maximum Gasteiger partial charge on any atom is 0.292 e. The normalized spacial score (nSPS) is 35.7. The molecule has 1 aromatic carbocycles. The quantitative estimate of drug-likeness (QED) is 0.640. The number of hydrazone groups is 1. The first-order chi connectivity index (χ1) is 14.0. The molecule has 2 saturated heterocycles. The van der Waals surface area contributed by atoms with E-state index in [4.69, 9.17) is 5.10 Å². The number of para-hydroxylation sites is 1. The number of fused-ring (bicyclic) bond motifs is 1. The van der Waals surface area contributed by atoms with Gasteiger partial charge in [-0.3, -0.25) is 4.57 Å². The van der Waals surface area contributed by atoms with Crippen molar-refractivity contribution in [3.63, 3.8) is 0 Å². The lowest BCUT2D eigenvalue weighted by atomic mass is 9.75. The van der Waals surface area contributed by atoms with Crippen molar-refractivity contribution in [3.8, 4) is 0 Å². The fourth-order valence-corrected chi connectivity index (χ4v) is 8.62. The Bertz CT molecular complexity index is 972. The predicted octanol–water partition coefficient (Wildman–Crippen LogP) is 5.08. The van der Waals surface area contributed by atoms with E-state index in [2.05, 4.69) is 54.8 Å². The Morgan fingerprint density at radius 2 is 1.76 bits per heavy atom. The first-order valence-corrected chi connectivity index (χ1v) is 12.1. The first-order valence-electron chi connectivity index (χ1n) is 10.5. The molecule has 3 atom stereocenters. The Hall–Kier alpha value is -2.10. The van der Waals surface area contributed by atoms with Crippen LogP contribution in [0.3, 0.4) is 0 Å². The Balaban J connectivity index is 1.70. The molecule has 3 heterocycles. The zero-order valence-corrected chi connectivity index (χ0v) is 18.3. The van der Waals surface area contributed by atoms with Crippen LogP contribution in [0.2, 0.25) is 0 Å². The maximum atomic E-state index is 14.9. The Labute approximate surface area is 173 Å².